The third-order valence-electron chi connectivity index (χ3n) is 2.67. The Kier molecular flexibility index (Phi) is 4.04. The Morgan fingerprint density at radius 3 is 2.94 bits per heavy atom. The molecule has 0 heterocycles. The van der Waals surface area contributed by atoms with Crippen LogP contribution in [0.25, 0.3) is 0 Å². The van der Waals surface area contributed by atoms with Crippen molar-refractivity contribution in [3.63, 3.8) is 0 Å². The van der Waals surface area contributed by atoms with Crippen LogP contribution in [0.3, 0.4) is 0 Å². The SMILES string of the molecule is O=C(O)c1ccc(I)c(OC2C=CCCC2)c1. The van der Waals surface area contributed by atoms with Gasteiger partial charge in [0.2, 0.25) is 0 Å². The van der Waals surface area contributed by atoms with Gasteiger partial charge in [0.15, 0.2) is 0 Å². The predicted molar refractivity (Wildman–Crippen MR) is 73.5 cm³/mol. The summed E-state index contributed by atoms with van der Waals surface area (Å²) >= 11 is 2.15. The summed E-state index contributed by atoms with van der Waals surface area (Å²) in [7, 11) is 0. The highest BCUT2D eigenvalue weighted by Gasteiger charge is 2.13. The lowest BCUT2D eigenvalue weighted by molar-refractivity contribution is 0.0696. The fourth-order valence-corrected chi connectivity index (χ4v) is 2.23. The molecule has 3 nitrogen and oxygen atoms in total. The Morgan fingerprint density at radius 1 is 1.47 bits per heavy atom. The van der Waals surface area contributed by atoms with Crippen LogP contribution in [0.4, 0.5) is 0 Å². The first kappa shape index (κ1) is 12.4. The average Bonchev–Trinajstić information content (AvgIpc) is 2.33. The molecule has 0 amide bonds. The van der Waals surface area contributed by atoms with E-state index in [0.29, 0.717) is 5.75 Å². The number of carbonyl (C=O) groups is 1. The molecule has 0 saturated heterocycles. The summed E-state index contributed by atoms with van der Waals surface area (Å²) in [6, 6.07) is 4.95. The highest BCUT2D eigenvalue weighted by atomic mass is 127. The van der Waals surface area contributed by atoms with E-state index >= 15 is 0 Å². The van der Waals surface area contributed by atoms with Crippen molar-refractivity contribution < 1.29 is 14.6 Å². The minimum Gasteiger partial charge on any atom is -0.485 e. The Balaban J connectivity index is 2.19. The second-order valence-electron chi connectivity index (χ2n) is 3.97. The summed E-state index contributed by atoms with van der Waals surface area (Å²) in [4.78, 5) is 10.9. The van der Waals surface area contributed by atoms with Crippen molar-refractivity contribution in [2.24, 2.45) is 0 Å². The lowest BCUT2D eigenvalue weighted by Crippen LogP contribution is -2.16. The Morgan fingerprint density at radius 2 is 2.29 bits per heavy atom. The van der Waals surface area contributed by atoms with Gasteiger partial charge in [-0.2, -0.15) is 0 Å². The van der Waals surface area contributed by atoms with Crippen LogP contribution in [0.5, 0.6) is 5.75 Å². The third kappa shape index (κ3) is 3.21. The van der Waals surface area contributed by atoms with Gasteiger partial charge >= 0.3 is 5.97 Å². The summed E-state index contributed by atoms with van der Waals surface area (Å²) in [5.74, 6) is -0.271. The molecule has 1 N–H and O–H groups in total. The van der Waals surface area contributed by atoms with E-state index in [2.05, 4.69) is 28.7 Å². The summed E-state index contributed by atoms with van der Waals surface area (Å²) < 4.78 is 6.76. The molecule has 1 atom stereocenters. The van der Waals surface area contributed by atoms with Gasteiger partial charge in [-0.1, -0.05) is 6.08 Å². The van der Waals surface area contributed by atoms with Gasteiger partial charge in [0.1, 0.15) is 11.9 Å². The second kappa shape index (κ2) is 5.53. The van der Waals surface area contributed by atoms with Crippen LogP contribution >= 0.6 is 22.6 Å². The first-order valence-electron chi connectivity index (χ1n) is 5.53. The minimum atomic E-state index is -0.926. The van der Waals surface area contributed by atoms with Crippen LogP contribution in [0.1, 0.15) is 29.6 Å². The summed E-state index contributed by atoms with van der Waals surface area (Å²) in [5, 5.41) is 8.93. The average molecular weight is 344 g/mol. The highest BCUT2D eigenvalue weighted by Crippen LogP contribution is 2.26. The van der Waals surface area contributed by atoms with Crippen molar-refractivity contribution >= 4 is 28.6 Å². The van der Waals surface area contributed by atoms with E-state index in [4.69, 9.17) is 9.84 Å². The van der Waals surface area contributed by atoms with Crippen molar-refractivity contribution in [2.45, 2.75) is 25.4 Å². The maximum Gasteiger partial charge on any atom is 0.335 e. The second-order valence-corrected chi connectivity index (χ2v) is 5.13. The number of halogens is 1. The van der Waals surface area contributed by atoms with E-state index in [1.54, 1.807) is 18.2 Å². The minimum absolute atomic E-state index is 0.0707. The van der Waals surface area contributed by atoms with Crippen LogP contribution in [0.15, 0.2) is 30.4 Å². The van der Waals surface area contributed by atoms with Crippen molar-refractivity contribution in [3.05, 3.63) is 39.5 Å². The quantitative estimate of drug-likeness (QED) is 0.675. The van der Waals surface area contributed by atoms with E-state index in [1.807, 2.05) is 6.08 Å². The van der Waals surface area contributed by atoms with Gasteiger partial charge < -0.3 is 9.84 Å². The van der Waals surface area contributed by atoms with Crippen LogP contribution in [-0.4, -0.2) is 17.2 Å². The van der Waals surface area contributed by atoms with Crippen molar-refractivity contribution in [2.75, 3.05) is 0 Å². The number of aromatic carboxylic acids is 1. The molecule has 1 aliphatic carbocycles. The summed E-state index contributed by atoms with van der Waals surface area (Å²) in [6.07, 6.45) is 7.45. The van der Waals surface area contributed by atoms with Crippen LogP contribution in [0.2, 0.25) is 0 Å². The first-order valence-corrected chi connectivity index (χ1v) is 6.61. The van der Waals surface area contributed by atoms with Crippen LogP contribution in [0, 0.1) is 3.57 Å². The third-order valence-corrected chi connectivity index (χ3v) is 3.56. The predicted octanol–water partition coefficient (Wildman–Crippen LogP) is 3.48. The van der Waals surface area contributed by atoms with Crippen LogP contribution < -0.4 is 4.74 Å². The number of carboxylic acids is 1. The molecule has 90 valence electrons. The molecule has 0 radical (unpaired) electrons. The molecular formula is C13H13IO3. The van der Waals surface area contributed by atoms with Crippen molar-refractivity contribution in [1.29, 1.82) is 0 Å². The fraction of sp³-hybridized carbons (Fsp3) is 0.308. The van der Waals surface area contributed by atoms with Gasteiger partial charge in [0.25, 0.3) is 0 Å². The molecule has 0 aromatic heterocycles. The van der Waals surface area contributed by atoms with Gasteiger partial charge in [-0.05, 0) is 66.1 Å². The molecule has 0 saturated carbocycles. The molecule has 1 unspecified atom stereocenters. The Labute approximate surface area is 114 Å². The summed E-state index contributed by atoms with van der Waals surface area (Å²) in [6.45, 7) is 0. The van der Waals surface area contributed by atoms with E-state index in [1.165, 1.54) is 0 Å². The zero-order chi connectivity index (χ0) is 12.3. The Hall–Kier alpha value is -1.04. The molecule has 2 rings (SSSR count). The lowest BCUT2D eigenvalue weighted by Gasteiger charge is -2.19. The summed E-state index contributed by atoms with van der Waals surface area (Å²) in [5.41, 5.74) is 0.264. The number of hydrogen-bond acceptors (Lipinski definition) is 2. The zero-order valence-electron chi connectivity index (χ0n) is 9.23. The fourth-order valence-electron chi connectivity index (χ4n) is 1.77. The number of allylic oxidation sites excluding steroid dienone is 1. The maximum atomic E-state index is 10.9. The van der Waals surface area contributed by atoms with Gasteiger partial charge in [-0.25, -0.2) is 4.79 Å². The van der Waals surface area contributed by atoms with Crippen molar-refractivity contribution in [3.8, 4) is 5.75 Å². The monoisotopic (exact) mass is 344 g/mol. The Bertz CT molecular complexity index is 454. The normalized spacial score (nSPS) is 19.0. The number of rotatable bonds is 3. The van der Waals surface area contributed by atoms with Crippen molar-refractivity contribution in [1.82, 2.24) is 0 Å². The highest BCUT2D eigenvalue weighted by molar-refractivity contribution is 14.1. The number of benzene rings is 1. The molecular weight excluding hydrogens is 331 g/mol. The molecule has 4 heteroatoms. The molecule has 1 aromatic rings. The molecule has 0 bridgehead atoms. The molecule has 0 fully saturated rings. The van der Waals surface area contributed by atoms with E-state index in [0.717, 1.165) is 22.8 Å². The van der Waals surface area contributed by atoms with E-state index < -0.39 is 5.97 Å². The zero-order valence-corrected chi connectivity index (χ0v) is 11.4. The maximum absolute atomic E-state index is 10.9. The van der Waals surface area contributed by atoms with Gasteiger partial charge in [-0.15, -0.1) is 0 Å². The van der Waals surface area contributed by atoms with E-state index in [-0.39, 0.29) is 11.7 Å². The molecule has 0 spiro atoms. The molecule has 0 aliphatic heterocycles. The number of hydrogen-bond donors (Lipinski definition) is 1. The topological polar surface area (TPSA) is 46.5 Å². The standard InChI is InChI=1S/C13H13IO3/c14-11-7-6-9(13(15)16)8-12(11)17-10-4-2-1-3-5-10/h2,4,6-8,10H,1,3,5H2,(H,15,16). The van der Waals surface area contributed by atoms with Crippen LogP contribution in [-0.2, 0) is 0 Å². The number of ether oxygens (including phenoxy) is 1. The molecule has 1 aromatic carbocycles. The first-order chi connectivity index (χ1) is 8.16. The van der Waals surface area contributed by atoms with Gasteiger partial charge in [0, 0.05) is 0 Å². The smallest absolute Gasteiger partial charge is 0.335 e. The lowest BCUT2D eigenvalue weighted by atomic mass is 10.1. The van der Waals surface area contributed by atoms with Gasteiger partial charge in [0.05, 0.1) is 9.13 Å². The largest absolute Gasteiger partial charge is 0.485 e. The van der Waals surface area contributed by atoms with Gasteiger partial charge in [-0.3, -0.25) is 0 Å². The number of carboxylic acid groups (broad SMARTS) is 1. The molecule has 1 aliphatic rings. The van der Waals surface area contributed by atoms with E-state index in [9.17, 15) is 4.79 Å². The molecule has 17 heavy (non-hydrogen) atoms.